The molecular weight excluding hydrogens is 382 g/mol. The Morgan fingerprint density at radius 3 is 2.57 bits per heavy atom. The Labute approximate surface area is 176 Å². The monoisotopic (exact) mass is 409 g/mol. The molecule has 0 aliphatic heterocycles. The van der Waals surface area contributed by atoms with Crippen molar-refractivity contribution in [1.82, 2.24) is 30.1 Å². The van der Waals surface area contributed by atoms with E-state index in [4.69, 9.17) is 0 Å². The molecule has 158 valence electrons. The second-order valence-electron chi connectivity index (χ2n) is 7.49. The van der Waals surface area contributed by atoms with E-state index in [2.05, 4.69) is 20.4 Å². The van der Waals surface area contributed by atoms with Crippen molar-refractivity contribution in [1.29, 1.82) is 0 Å². The molecule has 3 rings (SSSR count). The summed E-state index contributed by atoms with van der Waals surface area (Å²) in [5.74, 6) is 0.641. The van der Waals surface area contributed by atoms with Crippen LogP contribution in [0.2, 0.25) is 0 Å². The number of aromatic nitrogens is 5. The molecule has 9 nitrogen and oxygen atoms in total. The molecule has 0 atom stereocenters. The second-order valence-corrected chi connectivity index (χ2v) is 7.49. The van der Waals surface area contributed by atoms with Crippen LogP contribution in [-0.4, -0.2) is 67.8 Å². The van der Waals surface area contributed by atoms with E-state index < -0.39 is 5.60 Å². The van der Waals surface area contributed by atoms with Crippen molar-refractivity contribution in [3.63, 3.8) is 0 Å². The number of aliphatic hydroxyl groups is 1. The standard InChI is InChI=1S/C21H27N7O2/c1-5-27(14-13-26(4)19-12-8-11-18(24-19)21(2,3)30)20(29)16-9-6-7-10-17(16)28-23-15-22-25-28/h6-12,15,30H,5,13-14H2,1-4H3. The van der Waals surface area contributed by atoms with Gasteiger partial charge in [-0.3, -0.25) is 4.79 Å². The number of pyridine rings is 1. The third-order valence-corrected chi connectivity index (χ3v) is 4.83. The molecule has 0 saturated heterocycles. The molecule has 30 heavy (non-hydrogen) atoms. The van der Waals surface area contributed by atoms with E-state index in [9.17, 15) is 9.90 Å². The normalized spacial score (nSPS) is 11.4. The maximum absolute atomic E-state index is 13.2. The lowest BCUT2D eigenvalue weighted by atomic mass is 10.1. The molecule has 0 aliphatic rings. The largest absolute Gasteiger partial charge is 0.384 e. The number of hydrogen-bond acceptors (Lipinski definition) is 7. The minimum Gasteiger partial charge on any atom is -0.384 e. The molecule has 0 spiro atoms. The van der Waals surface area contributed by atoms with Crippen molar-refractivity contribution in [2.24, 2.45) is 0 Å². The first kappa shape index (κ1) is 21.4. The number of hydrogen-bond donors (Lipinski definition) is 1. The number of benzene rings is 1. The minimum absolute atomic E-state index is 0.1000. The highest BCUT2D eigenvalue weighted by Crippen LogP contribution is 2.20. The number of carbonyl (C=O) groups is 1. The Bertz CT molecular complexity index is 983. The average molecular weight is 409 g/mol. The third kappa shape index (κ3) is 4.80. The average Bonchev–Trinajstić information content (AvgIpc) is 3.28. The van der Waals surface area contributed by atoms with Crippen molar-refractivity contribution >= 4 is 11.7 Å². The van der Waals surface area contributed by atoms with Crippen molar-refractivity contribution in [3.05, 3.63) is 60.0 Å². The predicted molar refractivity (Wildman–Crippen MR) is 113 cm³/mol. The lowest BCUT2D eigenvalue weighted by molar-refractivity contribution is 0.0739. The van der Waals surface area contributed by atoms with Crippen LogP contribution in [0.4, 0.5) is 5.82 Å². The van der Waals surface area contributed by atoms with E-state index >= 15 is 0 Å². The molecule has 9 heteroatoms. The quantitative estimate of drug-likeness (QED) is 0.606. The summed E-state index contributed by atoms with van der Waals surface area (Å²) in [7, 11) is 1.92. The topological polar surface area (TPSA) is 100 Å². The number of tetrazole rings is 1. The van der Waals surface area contributed by atoms with Gasteiger partial charge in [0.05, 0.1) is 11.3 Å². The van der Waals surface area contributed by atoms with Crippen LogP contribution in [0.15, 0.2) is 48.8 Å². The van der Waals surface area contributed by atoms with Crippen LogP contribution >= 0.6 is 0 Å². The lowest BCUT2D eigenvalue weighted by Gasteiger charge is -2.26. The van der Waals surface area contributed by atoms with E-state index in [1.54, 1.807) is 36.9 Å². The molecule has 0 radical (unpaired) electrons. The Morgan fingerprint density at radius 2 is 1.90 bits per heavy atom. The zero-order valence-electron chi connectivity index (χ0n) is 17.7. The zero-order valence-corrected chi connectivity index (χ0v) is 17.7. The fourth-order valence-corrected chi connectivity index (χ4v) is 3.04. The molecule has 2 heterocycles. The fourth-order valence-electron chi connectivity index (χ4n) is 3.04. The number of likely N-dealkylation sites (N-methyl/N-ethyl adjacent to an activating group) is 2. The molecule has 1 amide bonds. The summed E-state index contributed by atoms with van der Waals surface area (Å²) in [6, 6.07) is 12.8. The number of carbonyl (C=O) groups excluding carboxylic acids is 1. The molecule has 0 unspecified atom stereocenters. The first-order valence-electron chi connectivity index (χ1n) is 9.84. The molecule has 0 bridgehead atoms. The third-order valence-electron chi connectivity index (χ3n) is 4.83. The molecule has 1 aromatic carbocycles. The SMILES string of the molecule is CCN(CCN(C)c1cccc(C(C)(C)O)n1)C(=O)c1ccccc1-n1ncnn1. The van der Waals surface area contributed by atoms with Gasteiger partial charge in [0.2, 0.25) is 0 Å². The van der Waals surface area contributed by atoms with Crippen LogP contribution in [0.25, 0.3) is 5.69 Å². The van der Waals surface area contributed by atoms with Gasteiger partial charge in [-0.15, -0.1) is 15.0 Å². The molecule has 0 saturated carbocycles. The van der Waals surface area contributed by atoms with E-state index in [1.807, 2.05) is 43.1 Å². The highest BCUT2D eigenvalue weighted by molar-refractivity contribution is 5.97. The maximum atomic E-state index is 13.2. The second kappa shape index (κ2) is 9.00. The first-order valence-corrected chi connectivity index (χ1v) is 9.84. The van der Waals surface area contributed by atoms with E-state index in [0.717, 1.165) is 5.82 Å². The van der Waals surface area contributed by atoms with Gasteiger partial charge in [-0.25, -0.2) is 4.98 Å². The molecular formula is C21H27N7O2. The highest BCUT2D eigenvalue weighted by Gasteiger charge is 2.21. The Hall–Kier alpha value is -3.33. The highest BCUT2D eigenvalue weighted by atomic mass is 16.3. The van der Waals surface area contributed by atoms with Crippen LogP contribution in [-0.2, 0) is 5.60 Å². The summed E-state index contributed by atoms with van der Waals surface area (Å²) in [5.41, 5.74) is 0.694. The number of para-hydroxylation sites is 1. The summed E-state index contributed by atoms with van der Waals surface area (Å²) in [5, 5.41) is 21.9. The fraction of sp³-hybridized carbons (Fsp3) is 0.381. The van der Waals surface area contributed by atoms with Crippen LogP contribution < -0.4 is 4.90 Å². The van der Waals surface area contributed by atoms with Gasteiger partial charge in [0, 0.05) is 26.7 Å². The number of anilines is 1. The van der Waals surface area contributed by atoms with Crippen molar-refractivity contribution < 1.29 is 9.90 Å². The molecule has 2 aromatic heterocycles. The van der Waals surface area contributed by atoms with Crippen LogP contribution in [0.1, 0.15) is 36.8 Å². The zero-order chi connectivity index (χ0) is 21.7. The maximum Gasteiger partial charge on any atom is 0.256 e. The smallest absolute Gasteiger partial charge is 0.256 e. The Kier molecular flexibility index (Phi) is 6.41. The van der Waals surface area contributed by atoms with Gasteiger partial charge in [0.25, 0.3) is 5.91 Å². The van der Waals surface area contributed by atoms with Gasteiger partial charge < -0.3 is 14.9 Å². The molecule has 0 aliphatic carbocycles. The van der Waals surface area contributed by atoms with E-state index in [1.165, 1.54) is 11.1 Å². The summed E-state index contributed by atoms with van der Waals surface area (Å²) >= 11 is 0. The molecule has 0 fully saturated rings. The van der Waals surface area contributed by atoms with Gasteiger partial charge in [0.15, 0.2) is 6.33 Å². The van der Waals surface area contributed by atoms with Crippen LogP contribution in [0.5, 0.6) is 0 Å². The Balaban J connectivity index is 1.73. The summed E-state index contributed by atoms with van der Waals surface area (Å²) in [6.07, 6.45) is 1.34. The lowest BCUT2D eigenvalue weighted by Crippen LogP contribution is -2.38. The number of nitrogens with zero attached hydrogens (tertiary/aromatic N) is 7. The van der Waals surface area contributed by atoms with Crippen molar-refractivity contribution in [2.75, 3.05) is 31.6 Å². The van der Waals surface area contributed by atoms with Gasteiger partial charge in [-0.2, -0.15) is 0 Å². The van der Waals surface area contributed by atoms with Gasteiger partial charge in [-0.1, -0.05) is 18.2 Å². The van der Waals surface area contributed by atoms with E-state index in [0.29, 0.717) is 36.6 Å². The number of rotatable bonds is 8. The van der Waals surface area contributed by atoms with Crippen LogP contribution in [0.3, 0.4) is 0 Å². The Morgan fingerprint density at radius 1 is 1.13 bits per heavy atom. The van der Waals surface area contributed by atoms with Gasteiger partial charge in [-0.05, 0) is 50.3 Å². The summed E-state index contributed by atoms with van der Waals surface area (Å²) in [4.78, 5) is 22.8. The van der Waals surface area contributed by atoms with Crippen molar-refractivity contribution in [3.8, 4) is 5.69 Å². The minimum atomic E-state index is -1.01. The van der Waals surface area contributed by atoms with Gasteiger partial charge in [0.1, 0.15) is 17.1 Å². The summed E-state index contributed by atoms with van der Waals surface area (Å²) in [6.45, 7) is 7.02. The van der Waals surface area contributed by atoms with Crippen molar-refractivity contribution in [2.45, 2.75) is 26.4 Å². The number of amides is 1. The van der Waals surface area contributed by atoms with Crippen LogP contribution in [0, 0.1) is 0 Å². The van der Waals surface area contributed by atoms with E-state index in [-0.39, 0.29) is 5.91 Å². The van der Waals surface area contributed by atoms with Gasteiger partial charge >= 0.3 is 0 Å². The predicted octanol–water partition coefficient (Wildman–Crippen LogP) is 1.88. The summed E-state index contributed by atoms with van der Waals surface area (Å²) < 4.78 is 0. The molecule has 1 N–H and O–H groups in total. The molecule has 3 aromatic rings. The first-order chi connectivity index (χ1) is 14.3.